The standard InChI is InChI=1S/C5Br3F7/c6-1(2(7)8)3(9,10)4(11,12)5(13,14)15. The largest absolute Gasteiger partial charge is 0.460 e. The second kappa shape index (κ2) is 4.52. The third-order valence-electron chi connectivity index (χ3n) is 1.19. The fraction of sp³-hybridized carbons (Fsp3) is 0.600. The van der Waals surface area contributed by atoms with Gasteiger partial charge in [-0.25, -0.2) is 0 Å². The minimum atomic E-state index is -6.34. The van der Waals surface area contributed by atoms with Crippen LogP contribution in [0.3, 0.4) is 0 Å². The maximum absolute atomic E-state index is 12.7. The molecule has 0 fully saturated rings. The van der Waals surface area contributed by atoms with E-state index in [9.17, 15) is 30.7 Å². The van der Waals surface area contributed by atoms with Gasteiger partial charge in [-0.2, -0.15) is 30.7 Å². The summed E-state index contributed by atoms with van der Waals surface area (Å²) in [6, 6.07) is 0. The molecule has 0 aliphatic heterocycles. The van der Waals surface area contributed by atoms with E-state index in [1.54, 1.807) is 0 Å². The van der Waals surface area contributed by atoms with Crippen LogP contribution in [0.15, 0.2) is 7.87 Å². The number of hydrogen-bond donors (Lipinski definition) is 0. The molecule has 90 valence electrons. The van der Waals surface area contributed by atoms with Crippen molar-refractivity contribution in [3.05, 3.63) is 7.87 Å². The molecule has 0 aromatic rings. The van der Waals surface area contributed by atoms with Crippen LogP contribution in [0.25, 0.3) is 0 Å². The highest BCUT2D eigenvalue weighted by Crippen LogP contribution is 2.52. The normalized spacial score (nSPS) is 14.0. The van der Waals surface area contributed by atoms with Gasteiger partial charge < -0.3 is 0 Å². The summed E-state index contributed by atoms with van der Waals surface area (Å²) in [6.07, 6.45) is -6.34. The monoisotopic (exact) mass is 430 g/mol. The predicted molar refractivity (Wildman–Crippen MR) is 49.8 cm³/mol. The molecule has 0 radical (unpaired) electrons. The van der Waals surface area contributed by atoms with E-state index in [4.69, 9.17) is 0 Å². The lowest BCUT2D eigenvalue weighted by Gasteiger charge is -2.28. The van der Waals surface area contributed by atoms with Crippen molar-refractivity contribution in [2.45, 2.75) is 18.0 Å². The van der Waals surface area contributed by atoms with E-state index in [2.05, 4.69) is 31.9 Å². The first-order valence-electron chi connectivity index (χ1n) is 2.89. The van der Waals surface area contributed by atoms with Gasteiger partial charge in [0.05, 0.1) is 7.87 Å². The molecule has 0 amide bonds. The average molecular weight is 433 g/mol. The van der Waals surface area contributed by atoms with Crippen LogP contribution in [0.1, 0.15) is 0 Å². The van der Waals surface area contributed by atoms with E-state index < -0.39 is 25.9 Å². The Hall–Kier alpha value is 0.690. The maximum Gasteiger partial charge on any atom is 0.460 e. The third-order valence-corrected chi connectivity index (χ3v) is 3.94. The number of halogens is 10. The first-order chi connectivity index (χ1) is 6.35. The molecule has 10 heteroatoms. The summed E-state index contributed by atoms with van der Waals surface area (Å²) in [4.78, 5) is 0. The topological polar surface area (TPSA) is 0 Å². The number of rotatable bonds is 2. The van der Waals surface area contributed by atoms with Gasteiger partial charge in [0, 0.05) is 0 Å². The summed E-state index contributed by atoms with van der Waals surface area (Å²) in [5.74, 6) is -11.6. The summed E-state index contributed by atoms with van der Waals surface area (Å²) in [5.41, 5.74) is 0. The minimum Gasteiger partial charge on any atom is -0.193 e. The maximum atomic E-state index is 12.7. The Kier molecular flexibility index (Phi) is 4.72. The van der Waals surface area contributed by atoms with Gasteiger partial charge >= 0.3 is 18.0 Å². The van der Waals surface area contributed by atoms with Crippen LogP contribution in [-0.2, 0) is 0 Å². The summed E-state index contributed by atoms with van der Waals surface area (Å²) >= 11 is 6.55. The second-order valence-corrected chi connectivity index (χ2v) is 5.66. The van der Waals surface area contributed by atoms with Crippen LogP contribution in [-0.4, -0.2) is 18.0 Å². The van der Waals surface area contributed by atoms with Crippen LogP contribution >= 0.6 is 47.8 Å². The summed E-state index contributed by atoms with van der Waals surface area (Å²) in [5, 5.41) is 0. The Balaban J connectivity index is 5.49. The number of hydrogen-bond acceptors (Lipinski definition) is 0. The van der Waals surface area contributed by atoms with Crippen molar-refractivity contribution < 1.29 is 30.7 Å². The minimum absolute atomic E-state index is 0.732. The van der Waals surface area contributed by atoms with E-state index >= 15 is 0 Å². The molecule has 0 aromatic carbocycles. The van der Waals surface area contributed by atoms with Crippen molar-refractivity contribution in [2.75, 3.05) is 0 Å². The van der Waals surface area contributed by atoms with Crippen LogP contribution in [0, 0.1) is 0 Å². The molecule has 0 atom stereocenters. The van der Waals surface area contributed by atoms with E-state index in [0.717, 1.165) is 0 Å². The Labute approximate surface area is 104 Å². The fourth-order valence-electron chi connectivity index (χ4n) is 0.435. The smallest absolute Gasteiger partial charge is 0.193 e. The summed E-state index contributed by atoms with van der Waals surface area (Å²) < 4.78 is 82.7. The van der Waals surface area contributed by atoms with Gasteiger partial charge in [0.15, 0.2) is 0 Å². The molecule has 0 N–H and O–H groups in total. The number of allylic oxidation sites excluding steroid dienone is 1. The van der Waals surface area contributed by atoms with E-state index in [1.807, 2.05) is 15.9 Å². The molecule has 0 aliphatic rings. The van der Waals surface area contributed by atoms with E-state index in [1.165, 1.54) is 0 Å². The molecule has 0 nitrogen and oxygen atoms in total. The van der Waals surface area contributed by atoms with Gasteiger partial charge in [-0.15, -0.1) is 0 Å². The quantitative estimate of drug-likeness (QED) is 0.528. The number of alkyl halides is 7. The molecule has 15 heavy (non-hydrogen) atoms. The molecule has 0 rings (SSSR count). The van der Waals surface area contributed by atoms with Crippen molar-refractivity contribution in [1.82, 2.24) is 0 Å². The Bertz CT molecular complexity index is 275. The molecule has 0 heterocycles. The zero-order valence-corrected chi connectivity index (χ0v) is 11.0. The first-order valence-corrected chi connectivity index (χ1v) is 5.27. The molecule has 0 aromatic heterocycles. The molecule has 0 saturated carbocycles. The van der Waals surface area contributed by atoms with Crippen LogP contribution < -0.4 is 0 Å². The highest BCUT2D eigenvalue weighted by atomic mass is 79.9. The summed E-state index contributed by atoms with van der Waals surface area (Å²) in [7, 11) is 0. The van der Waals surface area contributed by atoms with Gasteiger partial charge in [0.2, 0.25) is 0 Å². The zero-order valence-electron chi connectivity index (χ0n) is 6.28. The van der Waals surface area contributed by atoms with E-state index in [-0.39, 0.29) is 0 Å². The van der Waals surface area contributed by atoms with Crippen molar-refractivity contribution >= 4 is 47.8 Å². The van der Waals surface area contributed by atoms with Gasteiger partial charge in [0.1, 0.15) is 0 Å². The Morgan fingerprint density at radius 1 is 0.733 bits per heavy atom. The molecule has 0 bridgehead atoms. The Morgan fingerprint density at radius 3 is 1.27 bits per heavy atom. The SMILES string of the molecule is FC(F)(F)C(F)(F)C(F)(F)C(Br)=C(Br)Br. The zero-order chi connectivity index (χ0) is 12.7. The Morgan fingerprint density at radius 2 is 1.07 bits per heavy atom. The van der Waals surface area contributed by atoms with Crippen molar-refractivity contribution in [3.63, 3.8) is 0 Å². The predicted octanol–water partition coefficient (Wildman–Crippen LogP) is 5.17. The van der Waals surface area contributed by atoms with Gasteiger partial charge in [-0.05, 0) is 47.8 Å². The van der Waals surface area contributed by atoms with Crippen molar-refractivity contribution in [2.24, 2.45) is 0 Å². The lowest BCUT2D eigenvalue weighted by molar-refractivity contribution is -0.342. The third kappa shape index (κ3) is 2.87. The van der Waals surface area contributed by atoms with Gasteiger partial charge in [-0.3, -0.25) is 0 Å². The highest BCUT2D eigenvalue weighted by Gasteiger charge is 2.74. The lowest BCUT2D eigenvalue weighted by atomic mass is 10.1. The first kappa shape index (κ1) is 15.7. The summed E-state index contributed by atoms with van der Waals surface area (Å²) in [6.45, 7) is 0. The van der Waals surface area contributed by atoms with Gasteiger partial charge in [-0.1, -0.05) is 0 Å². The molecule has 0 spiro atoms. The average Bonchev–Trinajstić information content (AvgIpc) is 2.00. The fourth-order valence-corrected chi connectivity index (χ4v) is 1.18. The van der Waals surface area contributed by atoms with Crippen LogP contribution in [0.4, 0.5) is 30.7 Å². The molecule has 0 unspecified atom stereocenters. The molecule has 0 aliphatic carbocycles. The van der Waals surface area contributed by atoms with Crippen LogP contribution in [0.5, 0.6) is 0 Å². The molecule has 0 saturated heterocycles. The molecular weight excluding hydrogens is 433 g/mol. The van der Waals surface area contributed by atoms with E-state index in [0.29, 0.717) is 0 Å². The van der Waals surface area contributed by atoms with Gasteiger partial charge in [0.25, 0.3) is 0 Å². The second-order valence-electron chi connectivity index (χ2n) is 2.22. The van der Waals surface area contributed by atoms with Crippen molar-refractivity contribution in [1.29, 1.82) is 0 Å². The molecular formula is C5Br3F7. The lowest BCUT2D eigenvalue weighted by Crippen LogP contribution is -2.52. The highest BCUT2D eigenvalue weighted by molar-refractivity contribution is 9.29. The van der Waals surface area contributed by atoms with Crippen molar-refractivity contribution in [3.8, 4) is 0 Å². The van der Waals surface area contributed by atoms with Crippen LogP contribution in [0.2, 0.25) is 0 Å².